The topological polar surface area (TPSA) is 61.4 Å². The molecule has 0 radical (unpaired) electrons. The van der Waals surface area contributed by atoms with Crippen LogP contribution in [0.5, 0.6) is 0 Å². The van der Waals surface area contributed by atoms with Crippen molar-refractivity contribution in [1.82, 2.24) is 10.2 Å². The number of hydrogen-bond donors (Lipinski definition) is 2. The molecule has 154 valence electrons. The molecule has 2 amide bonds. The third kappa shape index (κ3) is 4.96. The van der Waals surface area contributed by atoms with Gasteiger partial charge in [0.1, 0.15) is 0 Å². The molecule has 30 heavy (non-hydrogen) atoms. The van der Waals surface area contributed by atoms with Gasteiger partial charge in [0.2, 0.25) is 0 Å². The fourth-order valence-electron chi connectivity index (χ4n) is 3.73. The van der Waals surface area contributed by atoms with Gasteiger partial charge in [0.15, 0.2) is 0 Å². The van der Waals surface area contributed by atoms with Crippen LogP contribution >= 0.6 is 11.3 Å². The zero-order chi connectivity index (χ0) is 20.8. The van der Waals surface area contributed by atoms with Gasteiger partial charge in [-0.1, -0.05) is 24.3 Å². The van der Waals surface area contributed by atoms with E-state index in [1.807, 2.05) is 18.2 Å². The second-order valence-electron chi connectivity index (χ2n) is 7.38. The van der Waals surface area contributed by atoms with Gasteiger partial charge in [-0.3, -0.25) is 14.5 Å². The molecule has 1 saturated heterocycles. The van der Waals surface area contributed by atoms with Gasteiger partial charge in [0.05, 0.1) is 6.04 Å². The average Bonchev–Trinajstić information content (AvgIpc) is 3.50. The van der Waals surface area contributed by atoms with Crippen LogP contribution in [0.15, 0.2) is 72.1 Å². The smallest absolute Gasteiger partial charge is 0.255 e. The monoisotopic (exact) mass is 419 g/mol. The number of nitrogens with one attached hydrogen (secondary N) is 2. The van der Waals surface area contributed by atoms with Crippen molar-refractivity contribution in [2.24, 2.45) is 0 Å². The van der Waals surface area contributed by atoms with E-state index in [9.17, 15) is 9.59 Å². The Balaban J connectivity index is 1.35. The van der Waals surface area contributed by atoms with Crippen molar-refractivity contribution in [1.29, 1.82) is 0 Å². The lowest BCUT2D eigenvalue weighted by Gasteiger charge is -2.27. The zero-order valence-corrected chi connectivity index (χ0v) is 17.5. The number of carbonyl (C=O) groups excluding carboxylic acids is 2. The van der Waals surface area contributed by atoms with Gasteiger partial charge < -0.3 is 10.6 Å². The van der Waals surface area contributed by atoms with Gasteiger partial charge in [-0.2, -0.15) is 0 Å². The lowest BCUT2D eigenvalue weighted by molar-refractivity contribution is 0.0938. The highest BCUT2D eigenvalue weighted by Crippen LogP contribution is 2.28. The largest absolute Gasteiger partial charge is 0.350 e. The summed E-state index contributed by atoms with van der Waals surface area (Å²) in [6, 6.07) is 20.5. The zero-order valence-electron chi connectivity index (χ0n) is 16.7. The van der Waals surface area contributed by atoms with Crippen LogP contribution in [0.2, 0.25) is 0 Å². The molecule has 1 aliphatic heterocycles. The Morgan fingerprint density at radius 3 is 2.23 bits per heavy atom. The molecule has 4 rings (SSSR count). The summed E-state index contributed by atoms with van der Waals surface area (Å²) in [5.74, 6) is -0.270. The summed E-state index contributed by atoms with van der Waals surface area (Å²) in [5, 5.41) is 8.03. The second-order valence-corrected chi connectivity index (χ2v) is 8.36. The van der Waals surface area contributed by atoms with E-state index >= 15 is 0 Å². The van der Waals surface area contributed by atoms with Crippen LogP contribution in [0.25, 0.3) is 0 Å². The van der Waals surface area contributed by atoms with Gasteiger partial charge >= 0.3 is 0 Å². The van der Waals surface area contributed by atoms with Crippen molar-refractivity contribution in [3.8, 4) is 0 Å². The summed E-state index contributed by atoms with van der Waals surface area (Å²) in [4.78, 5) is 28.7. The molecule has 1 fully saturated rings. The summed E-state index contributed by atoms with van der Waals surface area (Å²) in [5.41, 5.74) is 1.84. The van der Waals surface area contributed by atoms with E-state index in [1.165, 1.54) is 17.7 Å². The minimum atomic E-state index is -0.169. The molecule has 0 bridgehead atoms. The number of rotatable bonds is 7. The molecular weight excluding hydrogens is 394 g/mol. The molecule has 6 heteroatoms. The summed E-state index contributed by atoms with van der Waals surface area (Å²) in [6.45, 7) is 2.74. The van der Waals surface area contributed by atoms with Crippen LogP contribution in [0.4, 0.5) is 5.69 Å². The highest BCUT2D eigenvalue weighted by molar-refractivity contribution is 7.10. The summed E-state index contributed by atoms with van der Waals surface area (Å²) in [7, 11) is 0. The molecule has 5 nitrogen and oxygen atoms in total. The number of amides is 2. The lowest BCUT2D eigenvalue weighted by Crippen LogP contribution is -2.36. The fourth-order valence-corrected chi connectivity index (χ4v) is 4.59. The average molecular weight is 420 g/mol. The Bertz CT molecular complexity index is 965. The Kier molecular flexibility index (Phi) is 6.57. The van der Waals surface area contributed by atoms with Gasteiger partial charge in [-0.15, -0.1) is 11.3 Å². The van der Waals surface area contributed by atoms with Crippen LogP contribution in [0.3, 0.4) is 0 Å². The highest BCUT2D eigenvalue weighted by atomic mass is 32.1. The maximum Gasteiger partial charge on any atom is 0.255 e. The van der Waals surface area contributed by atoms with E-state index in [2.05, 4.69) is 33.0 Å². The molecule has 1 aliphatic rings. The maximum absolute atomic E-state index is 12.7. The van der Waals surface area contributed by atoms with E-state index in [0.29, 0.717) is 23.4 Å². The SMILES string of the molecule is O=C(NCC(c1cccs1)N1CCCC1)c1ccc(NC(=O)c2ccccc2)cc1. The van der Waals surface area contributed by atoms with E-state index in [-0.39, 0.29) is 17.9 Å². The number of thiophene rings is 1. The molecule has 2 aromatic carbocycles. The number of anilines is 1. The Labute approximate surface area is 180 Å². The molecule has 3 aromatic rings. The minimum Gasteiger partial charge on any atom is -0.350 e. The standard InChI is InChI=1S/C24H25N3O2S/c28-23(25-17-21(22-9-6-16-30-22)27-14-4-5-15-27)19-10-12-20(13-11-19)26-24(29)18-7-2-1-3-8-18/h1-3,6-13,16,21H,4-5,14-15,17H2,(H,25,28)(H,26,29). The van der Waals surface area contributed by atoms with Crippen molar-refractivity contribution in [3.63, 3.8) is 0 Å². The quantitative estimate of drug-likeness (QED) is 0.590. The first kappa shape index (κ1) is 20.3. The third-order valence-electron chi connectivity index (χ3n) is 5.35. The number of nitrogens with zero attached hydrogens (tertiary/aromatic N) is 1. The first-order chi connectivity index (χ1) is 14.7. The molecule has 2 N–H and O–H groups in total. The Morgan fingerprint density at radius 2 is 1.57 bits per heavy atom. The molecule has 1 aromatic heterocycles. The first-order valence-electron chi connectivity index (χ1n) is 10.2. The molecule has 0 aliphatic carbocycles. The predicted octanol–water partition coefficient (Wildman–Crippen LogP) is 4.57. The van der Waals surface area contributed by atoms with Gasteiger partial charge in [0, 0.05) is 28.2 Å². The highest BCUT2D eigenvalue weighted by Gasteiger charge is 2.24. The Morgan fingerprint density at radius 1 is 0.867 bits per heavy atom. The van der Waals surface area contributed by atoms with Gasteiger partial charge in [-0.05, 0) is 73.8 Å². The van der Waals surface area contributed by atoms with Crippen molar-refractivity contribution in [3.05, 3.63) is 88.1 Å². The van der Waals surface area contributed by atoms with E-state index < -0.39 is 0 Å². The van der Waals surface area contributed by atoms with Crippen molar-refractivity contribution in [2.75, 3.05) is 25.0 Å². The minimum absolute atomic E-state index is 0.100. The van der Waals surface area contributed by atoms with Crippen molar-refractivity contribution < 1.29 is 9.59 Å². The predicted molar refractivity (Wildman–Crippen MR) is 121 cm³/mol. The number of hydrogen-bond acceptors (Lipinski definition) is 4. The number of likely N-dealkylation sites (tertiary alicyclic amines) is 1. The fraction of sp³-hybridized carbons (Fsp3) is 0.250. The van der Waals surface area contributed by atoms with E-state index in [4.69, 9.17) is 0 Å². The van der Waals surface area contributed by atoms with Crippen molar-refractivity contribution in [2.45, 2.75) is 18.9 Å². The summed E-state index contributed by atoms with van der Waals surface area (Å²) < 4.78 is 0. The van der Waals surface area contributed by atoms with Crippen LogP contribution in [-0.4, -0.2) is 36.3 Å². The van der Waals surface area contributed by atoms with Crippen LogP contribution in [-0.2, 0) is 0 Å². The lowest BCUT2D eigenvalue weighted by atomic mass is 10.1. The molecule has 2 heterocycles. The molecule has 1 atom stereocenters. The normalized spacial score (nSPS) is 14.9. The van der Waals surface area contributed by atoms with Crippen LogP contribution in [0, 0.1) is 0 Å². The number of benzene rings is 2. The third-order valence-corrected chi connectivity index (χ3v) is 6.32. The van der Waals surface area contributed by atoms with E-state index in [1.54, 1.807) is 47.7 Å². The van der Waals surface area contributed by atoms with Crippen molar-refractivity contribution >= 4 is 28.8 Å². The maximum atomic E-state index is 12.7. The molecule has 0 spiro atoms. The van der Waals surface area contributed by atoms with Gasteiger partial charge in [0.25, 0.3) is 11.8 Å². The second kappa shape index (κ2) is 9.69. The van der Waals surface area contributed by atoms with E-state index in [0.717, 1.165) is 13.1 Å². The van der Waals surface area contributed by atoms with Crippen LogP contribution < -0.4 is 10.6 Å². The number of carbonyl (C=O) groups is 2. The molecule has 1 unspecified atom stereocenters. The van der Waals surface area contributed by atoms with Gasteiger partial charge in [-0.25, -0.2) is 0 Å². The summed E-state index contributed by atoms with van der Waals surface area (Å²) in [6.07, 6.45) is 2.43. The van der Waals surface area contributed by atoms with Crippen LogP contribution in [0.1, 0.15) is 44.5 Å². The summed E-state index contributed by atoms with van der Waals surface area (Å²) >= 11 is 1.74. The Hall–Kier alpha value is -2.96. The first-order valence-corrected chi connectivity index (χ1v) is 11.1. The molecule has 0 saturated carbocycles. The molecular formula is C24H25N3O2S.